The van der Waals surface area contributed by atoms with Crippen LogP contribution in [-0.4, -0.2) is 8.07 Å². The van der Waals surface area contributed by atoms with Gasteiger partial charge in [-0.25, -0.2) is 11.3 Å². The first kappa shape index (κ1) is 29.3. The molecule has 1 aliphatic carbocycles. The maximum atomic E-state index is 3.74. The van der Waals surface area contributed by atoms with Crippen molar-refractivity contribution in [3.05, 3.63) is 57.8 Å². The van der Waals surface area contributed by atoms with Crippen LogP contribution in [0.5, 0.6) is 0 Å². The van der Waals surface area contributed by atoms with Gasteiger partial charge in [-0.2, -0.15) is 5.57 Å². The molecule has 0 nitrogen and oxygen atoms in total. The summed E-state index contributed by atoms with van der Waals surface area (Å²) in [6, 6.07) is 6.87. The van der Waals surface area contributed by atoms with Crippen molar-refractivity contribution in [1.82, 2.24) is 0 Å². The third-order valence-corrected chi connectivity index (χ3v) is 6.53. The number of halogens is 3. The second-order valence-electron chi connectivity index (χ2n) is 7.60. The molecule has 5 heteroatoms. The largest absolute Gasteiger partial charge is 4.00 e. The summed E-state index contributed by atoms with van der Waals surface area (Å²) < 4.78 is 0. The molecule has 132 valence electrons. The van der Waals surface area contributed by atoms with E-state index in [1.807, 2.05) is 0 Å². The summed E-state index contributed by atoms with van der Waals surface area (Å²) in [7, 11) is -1.24. The molecule has 24 heavy (non-hydrogen) atoms. The third kappa shape index (κ3) is 6.34. The first-order chi connectivity index (χ1) is 9.12. The van der Waals surface area contributed by atoms with Crippen molar-refractivity contribution in [2.24, 2.45) is 0 Å². The van der Waals surface area contributed by atoms with Crippen molar-refractivity contribution in [3.8, 4) is 0 Å². The zero-order valence-corrected chi connectivity index (χ0v) is 20.5. The fraction of sp³-hybridized carbons (Fsp3) is 0.474. The first-order valence-corrected chi connectivity index (χ1v) is 11.0. The van der Waals surface area contributed by atoms with Crippen molar-refractivity contribution in [2.75, 3.05) is 0 Å². The van der Waals surface area contributed by atoms with E-state index in [0.717, 1.165) is 6.42 Å². The summed E-state index contributed by atoms with van der Waals surface area (Å²) in [6.45, 7) is 16.2. The molecule has 0 spiro atoms. The van der Waals surface area contributed by atoms with E-state index in [9.17, 15) is 0 Å². The van der Waals surface area contributed by atoms with Crippen LogP contribution < -0.4 is 37.2 Å². The predicted molar refractivity (Wildman–Crippen MR) is 91.7 cm³/mol. The van der Waals surface area contributed by atoms with Crippen LogP contribution in [0.4, 0.5) is 0 Å². The molecule has 1 aliphatic rings. The van der Waals surface area contributed by atoms with Gasteiger partial charge in [-0.3, -0.25) is 6.08 Å². The monoisotopic (exact) mass is 436 g/mol. The average molecular weight is 438 g/mol. The molecule has 0 saturated carbocycles. The van der Waals surface area contributed by atoms with Crippen molar-refractivity contribution in [2.45, 2.75) is 59.2 Å². The van der Waals surface area contributed by atoms with Crippen molar-refractivity contribution < 1.29 is 58.9 Å². The van der Waals surface area contributed by atoms with Gasteiger partial charge in [0.2, 0.25) is 0 Å². The van der Waals surface area contributed by atoms with Crippen LogP contribution in [0.15, 0.2) is 35.0 Å². The summed E-state index contributed by atoms with van der Waals surface area (Å²) in [6.07, 6.45) is 7.22. The Balaban J connectivity index is -0.00000110. The molecule has 1 aromatic carbocycles. The summed E-state index contributed by atoms with van der Waals surface area (Å²) in [4.78, 5) is 0. The number of aryl methyl sites for hydroxylation is 2. The Morgan fingerprint density at radius 1 is 0.958 bits per heavy atom. The van der Waals surface area contributed by atoms with E-state index < -0.39 is 8.07 Å². The van der Waals surface area contributed by atoms with Crippen molar-refractivity contribution in [3.63, 3.8) is 0 Å². The van der Waals surface area contributed by atoms with E-state index >= 15 is 0 Å². The van der Waals surface area contributed by atoms with E-state index in [4.69, 9.17) is 0 Å². The smallest absolute Gasteiger partial charge is 1.00 e. The SMILES string of the molecule is Cc1ccc(C(C)(C)C2=[C-]C([Si](C)(C)C)=CC2)cc1C.[Cl-].[Cl-].[Cl-].[Ti+4]. The Hall–Kier alpha value is 0.501. The maximum Gasteiger partial charge on any atom is 4.00 e. The quantitative estimate of drug-likeness (QED) is 0.341. The molecule has 0 fully saturated rings. The Morgan fingerprint density at radius 3 is 1.92 bits per heavy atom. The molecule has 1 aromatic rings. The van der Waals surface area contributed by atoms with Crippen LogP contribution in [0.1, 0.15) is 37.0 Å². The van der Waals surface area contributed by atoms with Crippen molar-refractivity contribution >= 4 is 8.07 Å². The molecular weight excluding hydrogens is 411 g/mol. The molecule has 0 N–H and O–H groups in total. The van der Waals surface area contributed by atoms with Gasteiger partial charge in [0, 0.05) is 8.07 Å². The molecule has 0 saturated heterocycles. The van der Waals surface area contributed by atoms with Gasteiger partial charge in [0.15, 0.2) is 0 Å². The zero-order chi connectivity index (χ0) is 15.1. The summed E-state index contributed by atoms with van der Waals surface area (Å²) in [5, 5.41) is 1.49. The third-order valence-electron chi connectivity index (χ3n) is 4.59. The van der Waals surface area contributed by atoms with Crippen LogP contribution in [0.3, 0.4) is 0 Å². The Labute approximate surface area is 183 Å². The fourth-order valence-electron chi connectivity index (χ4n) is 2.68. The molecular formula is C19H27Cl3SiTi. The molecule has 0 aliphatic heterocycles. The van der Waals surface area contributed by atoms with Crippen LogP contribution in [0.2, 0.25) is 19.6 Å². The van der Waals surface area contributed by atoms with Crippen LogP contribution in [-0.2, 0) is 27.1 Å². The number of benzene rings is 1. The molecule has 0 unspecified atom stereocenters. The van der Waals surface area contributed by atoms with E-state index in [-0.39, 0.29) is 64.4 Å². The Kier molecular flexibility index (Phi) is 12.9. The Bertz CT molecular complexity index is 599. The molecule has 0 atom stereocenters. The van der Waals surface area contributed by atoms with Crippen LogP contribution >= 0.6 is 0 Å². The first-order valence-electron chi connectivity index (χ1n) is 7.54. The van der Waals surface area contributed by atoms with Gasteiger partial charge in [-0.15, -0.1) is 0 Å². The minimum absolute atomic E-state index is 0. The fourth-order valence-corrected chi connectivity index (χ4v) is 3.92. The second kappa shape index (κ2) is 10.6. The Morgan fingerprint density at radius 2 is 1.50 bits per heavy atom. The van der Waals surface area contributed by atoms with Gasteiger partial charge in [-0.05, 0) is 36.0 Å². The summed E-state index contributed by atoms with van der Waals surface area (Å²) in [5.74, 6) is 0. The summed E-state index contributed by atoms with van der Waals surface area (Å²) in [5.41, 5.74) is 5.69. The molecule has 0 radical (unpaired) electrons. The van der Waals surface area contributed by atoms with E-state index in [1.54, 1.807) is 0 Å². The second-order valence-corrected chi connectivity index (χ2v) is 12.6. The normalized spacial score (nSPS) is 13.5. The number of rotatable bonds is 3. The van der Waals surface area contributed by atoms with E-state index in [0.29, 0.717) is 0 Å². The number of hydrogen-bond acceptors (Lipinski definition) is 0. The van der Waals surface area contributed by atoms with Crippen LogP contribution in [0.25, 0.3) is 0 Å². The minimum Gasteiger partial charge on any atom is -1.00 e. The maximum absolute atomic E-state index is 3.74. The molecule has 0 amide bonds. The van der Waals surface area contributed by atoms with E-state index in [2.05, 4.69) is 77.7 Å². The van der Waals surface area contributed by atoms with Gasteiger partial charge < -0.3 is 37.2 Å². The average Bonchev–Trinajstić information content (AvgIpc) is 2.82. The van der Waals surface area contributed by atoms with Crippen molar-refractivity contribution in [1.29, 1.82) is 0 Å². The number of hydrogen-bond donors (Lipinski definition) is 0. The minimum atomic E-state index is -1.24. The zero-order valence-electron chi connectivity index (χ0n) is 15.7. The van der Waals surface area contributed by atoms with Gasteiger partial charge in [0.1, 0.15) is 0 Å². The predicted octanol–water partition coefficient (Wildman–Crippen LogP) is -3.47. The summed E-state index contributed by atoms with van der Waals surface area (Å²) >= 11 is 0. The number of allylic oxidation sites excluding steroid dienone is 4. The molecule has 0 heterocycles. The van der Waals surface area contributed by atoms with E-state index in [1.165, 1.54) is 27.5 Å². The standard InChI is InChI=1S/C19H27Si.3ClH.Ti/c1-14-8-9-16(12-15(14)2)19(3,4)17-10-11-18(13-17)20(5,6)7;;;;/h8-9,11-12H,10H2,1-7H3;3*1H;/q-1;;;;+4/p-3. The van der Waals surface area contributed by atoms with Gasteiger partial charge in [0.25, 0.3) is 0 Å². The molecule has 2 rings (SSSR count). The van der Waals surface area contributed by atoms with Gasteiger partial charge in [0.05, 0.1) is 0 Å². The molecule has 0 aromatic heterocycles. The molecule has 0 bridgehead atoms. The van der Waals surface area contributed by atoms with Crippen LogP contribution in [0, 0.1) is 19.9 Å². The topological polar surface area (TPSA) is 0 Å². The van der Waals surface area contributed by atoms with Gasteiger partial charge >= 0.3 is 21.7 Å². The van der Waals surface area contributed by atoms with Gasteiger partial charge in [-0.1, -0.05) is 58.1 Å².